The first-order valence-electron chi connectivity index (χ1n) is 7.82. The molecular formula is C16H30O. The Morgan fingerprint density at radius 2 is 1.59 bits per heavy atom. The van der Waals surface area contributed by atoms with Crippen LogP contribution in [-0.4, -0.2) is 11.2 Å². The molecule has 0 bridgehead atoms. The fraction of sp³-hybridized carbons (Fsp3) is 1.00. The maximum absolute atomic E-state index is 10.9. The minimum absolute atomic E-state index is 0.00676. The highest BCUT2D eigenvalue weighted by Gasteiger charge is 2.44. The van der Waals surface area contributed by atoms with Crippen LogP contribution in [0.3, 0.4) is 0 Å². The molecule has 1 heteroatoms. The molecule has 100 valence electrons. The highest BCUT2D eigenvalue weighted by atomic mass is 16.3. The van der Waals surface area contributed by atoms with Crippen molar-refractivity contribution in [2.24, 2.45) is 17.3 Å². The van der Waals surface area contributed by atoms with Crippen LogP contribution in [0.1, 0.15) is 78.1 Å². The van der Waals surface area contributed by atoms with Gasteiger partial charge in [-0.3, -0.25) is 0 Å². The summed E-state index contributed by atoms with van der Waals surface area (Å²) in [6.07, 6.45) is 13.1. The third-order valence-electron chi connectivity index (χ3n) is 5.14. The van der Waals surface area contributed by atoms with Crippen molar-refractivity contribution in [3.8, 4) is 0 Å². The molecule has 1 unspecified atom stereocenters. The van der Waals surface area contributed by atoms with E-state index in [9.17, 15) is 5.11 Å². The van der Waals surface area contributed by atoms with Crippen LogP contribution in [0.25, 0.3) is 0 Å². The Labute approximate surface area is 107 Å². The predicted molar refractivity (Wildman–Crippen MR) is 72.9 cm³/mol. The zero-order valence-electron chi connectivity index (χ0n) is 11.8. The molecule has 0 aromatic heterocycles. The van der Waals surface area contributed by atoms with Gasteiger partial charge < -0.3 is 5.11 Å². The molecule has 2 aliphatic carbocycles. The molecule has 17 heavy (non-hydrogen) atoms. The van der Waals surface area contributed by atoms with E-state index in [1.807, 2.05) is 0 Å². The average Bonchev–Trinajstić information content (AvgIpc) is 2.78. The number of rotatable bonds is 4. The number of hydrogen-bond acceptors (Lipinski definition) is 1. The van der Waals surface area contributed by atoms with E-state index < -0.39 is 0 Å². The predicted octanol–water partition coefficient (Wildman–Crippen LogP) is 4.53. The molecule has 0 heterocycles. The second-order valence-electron chi connectivity index (χ2n) is 7.01. The summed E-state index contributed by atoms with van der Waals surface area (Å²) in [5.41, 5.74) is 0.288. The molecule has 0 aliphatic heterocycles. The van der Waals surface area contributed by atoms with E-state index in [0.29, 0.717) is 5.92 Å². The summed E-state index contributed by atoms with van der Waals surface area (Å²) in [6.45, 7) is 4.63. The summed E-state index contributed by atoms with van der Waals surface area (Å²) in [5.74, 6) is 1.34. The van der Waals surface area contributed by atoms with Gasteiger partial charge in [0.15, 0.2) is 0 Å². The largest absolute Gasteiger partial charge is 0.392 e. The van der Waals surface area contributed by atoms with E-state index in [-0.39, 0.29) is 11.5 Å². The normalized spacial score (nSPS) is 27.5. The molecule has 2 fully saturated rings. The molecule has 0 radical (unpaired) electrons. The second kappa shape index (κ2) is 5.73. The molecular weight excluding hydrogens is 208 g/mol. The fourth-order valence-corrected chi connectivity index (χ4v) is 4.46. The molecule has 0 spiro atoms. The standard InChI is InChI=1S/C16H30O/c1-13(2)12-16(10-6-7-11-16)15(17)14-8-4-3-5-9-14/h13-15,17H,3-12H2,1-2H3. The molecule has 1 nitrogen and oxygen atoms in total. The second-order valence-corrected chi connectivity index (χ2v) is 7.01. The van der Waals surface area contributed by atoms with Gasteiger partial charge in [0.05, 0.1) is 6.10 Å². The maximum atomic E-state index is 10.9. The van der Waals surface area contributed by atoms with Crippen LogP contribution < -0.4 is 0 Å². The fourth-order valence-electron chi connectivity index (χ4n) is 4.46. The Balaban J connectivity index is 2.03. The quantitative estimate of drug-likeness (QED) is 0.762. The van der Waals surface area contributed by atoms with E-state index in [0.717, 1.165) is 5.92 Å². The van der Waals surface area contributed by atoms with Crippen LogP contribution in [0.2, 0.25) is 0 Å². The molecule has 0 aromatic rings. The Morgan fingerprint density at radius 3 is 2.12 bits per heavy atom. The number of aliphatic hydroxyl groups is 1. The van der Waals surface area contributed by atoms with E-state index in [4.69, 9.17) is 0 Å². The zero-order valence-corrected chi connectivity index (χ0v) is 11.8. The van der Waals surface area contributed by atoms with Gasteiger partial charge in [-0.2, -0.15) is 0 Å². The molecule has 2 aliphatic rings. The van der Waals surface area contributed by atoms with Gasteiger partial charge in [0, 0.05) is 0 Å². The third kappa shape index (κ3) is 3.05. The molecule has 2 saturated carbocycles. The van der Waals surface area contributed by atoms with Crippen LogP contribution in [0.15, 0.2) is 0 Å². The molecule has 1 N–H and O–H groups in total. The van der Waals surface area contributed by atoms with Crippen LogP contribution >= 0.6 is 0 Å². The first-order valence-corrected chi connectivity index (χ1v) is 7.82. The van der Waals surface area contributed by atoms with Gasteiger partial charge in [-0.05, 0) is 49.4 Å². The first-order chi connectivity index (χ1) is 8.14. The lowest BCUT2D eigenvalue weighted by Gasteiger charge is -2.41. The van der Waals surface area contributed by atoms with Gasteiger partial charge in [-0.15, -0.1) is 0 Å². The van der Waals surface area contributed by atoms with E-state index in [1.165, 1.54) is 64.2 Å². The third-order valence-corrected chi connectivity index (χ3v) is 5.14. The lowest BCUT2D eigenvalue weighted by atomic mass is 9.67. The van der Waals surface area contributed by atoms with Crippen molar-refractivity contribution in [1.82, 2.24) is 0 Å². The van der Waals surface area contributed by atoms with Crippen LogP contribution in [-0.2, 0) is 0 Å². The topological polar surface area (TPSA) is 20.2 Å². The Hall–Kier alpha value is -0.0400. The van der Waals surface area contributed by atoms with Crippen molar-refractivity contribution in [3.63, 3.8) is 0 Å². The van der Waals surface area contributed by atoms with Gasteiger partial charge in [-0.1, -0.05) is 46.0 Å². The van der Waals surface area contributed by atoms with Gasteiger partial charge in [0.2, 0.25) is 0 Å². The summed E-state index contributed by atoms with van der Waals surface area (Å²) in [4.78, 5) is 0. The summed E-state index contributed by atoms with van der Waals surface area (Å²) >= 11 is 0. The van der Waals surface area contributed by atoms with Crippen molar-refractivity contribution in [2.45, 2.75) is 84.2 Å². The Bertz CT molecular complexity index is 222. The summed E-state index contributed by atoms with van der Waals surface area (Å²) < 4.78 is 0. The van der Waals surface area contributed by atoms with Crippen molar-refractivity contribution in [1.29, 1.82) is 0 Å². The Morgan fingerprint density at radius 1 is 1.00 bits per heavy atom. The molecule has 0 saturated heterocycles. The summed E-state index contributed by atoms with van der Waals surface area (Å²) in [7, 11) is 0. The van der Waals surface area contributed by atoms with Crippen molar-refractivity contribution in [2.75, 3.05) is 0 Å². The van der Waals surface area contributed by atoms with Crippen molar-refractivity contribution >= 4 is 0 Å². The molecule has 2 rings (SSSR count). The Kier molecular flexibility index (Phi) is 4.52. The van der Waals surface area contributed by atoms with Crippen molar-refractivity contribution in [3.05, 3.63) is 0 Å². The van der Waals surface area contributed by atoms with Gasteiger partial charge in [0.1, 0.15) is 0 Å². The van der Waals surface area contributed by atoms with Gasteiger partial charge in [-0.25, -0.2) is 0 Å². The van der Waals surface area contributed by atoms with E-state index in [1.54, 1.807) is 0 Å². The lowest BCUT2D eigenvalue weighted by molar-refractivity contribution is -0.0392. The van der Waals surface area contributed by atoms with Crippen LogP contribution in [0, 0.1) is 17.3 Å². The first kappa shape index (κ1) is 13.4. The minimum Gasteiger partial charge on any atom is -0.392 e. The summed E-state index contributed by atoms with van der Waals surface area (Å²) in [5, 5.41) is 10.9. The average molecular weight is 238 g/mol. The minimum atomic E-state index is -0.00676. The van der Waals surface area contributed by atoms with E-state index in [2.05, 4.69) is 13.8 Å². The maximum Gasteiger partial charge on any atom is 0.0624 e. The zero-order chi connectivity index (χ0) is 12.3. The SMILES string of the molecule is CC(C)CC1(C(O)C2CCCCC2)CCCC1. The van der Waals surface area contributed by atoms with Gasteiger partial charge in [0.25, 0.3) is 0 Å². The number of aliphatic hydroxyl groups excluding tert-OH is 1. The molecule has 0 aromatic carbocycles. The monoisotopic (exact) mass is 238 g/mol. The molecule has 0 amide bonds. The summed E-state index contributed by atoms with van der Waals surface area (Å²) in [6, 6.07) is 0. The van der Waals surface area contributed by atoms with Gasteiger partial charge >= 0.3 is 0 Å². The lowest BCUT2D eigenvalue weighted by Crippen LogP contribution is -2.40. The highest BCUT2D eigenvalue weighted by molar-refractivity contribution is 4.94. The van der Waals surface area contributed by atoms with Crippen LogP contribution in [0.5, 0.6) is 0 Å². The highest BCUT2D eigenvalue weighted by Crippen LogP contribution is 2.49. The van der Waals surface area contributed by atoms with Crippen molar-refractivity contribution < 1.29 is 5.11 Å². The van der Waals surface area contributed by atoms with E-state index >= 15 is 0 Å². The molecule has 1 atom stereocenters. The number of hydrogen-bond donors (Lipinski definition) is 1. The smallest absolute Gasteiger partial charge is 0.0624 e. The van der Waals surface area contributed by atoms with Crippen LogP contribution in [0.4, 0.5) is 0 Å².